The molecule has 1 saturated heterocycles. The molecule has 1 fully saturated rings. The van der Waals surface area contributed by atoms with Crippen molar-refractivity contribution in [3.63, 3.8) is 0 Å². The minimum Gasteiger partial charge on any atom is -0.356 e. The van der Waals surface area contributed by atoms with Crippen LogP contribution in [0, 0.1) is 0 Å². The first-order valence-electron chi connectivity index (χ1n) is 10.5. The molecule has 0 radical (unpaired) electrons. The zero-order chi connectivity index (χ0) is 21.1. The first-order valence-corrected chi connectivity index (χ1v) is 12.6. The number of aliphatic imine (C=N–C) groups is 1. The minimum atomic E-state index is -2.93. The highest BCUT2D eigenvalue weighted by Crippen LogP contribution is 2.08. The molecule has 0 bridgehead atoms. The topological polar surface area (TPSA) is 77.0 Å². The third kappa shape index (κ3) is 10.1. The van der Waals surface area contributed by atoms with E-state index < -0.39 is 9.84 Å². The maximum atomic E-state index is 11.3. The van der Waals surface area contributed by atoms with E-state index >= 15 is 0 Å². The van der Waals surface area contributed by atoms with Crippen LogP contribution in [0.4, 0.5) is 0 Å². The highest BCUT2D eigenvalue weighted by molar-refractivity contribution is 7.90. The molecule has 2 rings (SSSR count). The van der Waals surface area contributed by atoms with Crippen LogP contribution in [0.25, 0.3) is 0 Å². The molecular weight excluding hydrogens is 386 g/mol. The van der Waals surface area contributed by atoms with Gasteiger partial charge in [-0.15, -0.1) is 0 Å². The summed E-state index contributed by atoms with van der Waals surface area (Å²) in [6.45, 7) is 9.40. The van der Waals surface area contributed by atoms with Crippen LogP contribution >= 0.6 is 0 Å². The summed E-state index contributed by atoms with van der Waals surface area (Å²) in [6, 6.07) is 10.7. The number of nitrogens with zero attached hydrogens (tertiary/aromatic N) is 3. The molecule has 2 N–H and O–H groups in total. The fourth-order valence-corrected chi connectivity index (χ4v) is 4.19. The molecule has 1 aromatic rings. The molecule has 1 aliphatic heterocycles. The van der Waals surface area contributed by atoms with Crippen molar-refractivity contribution >= 4 is 15.8 Å². The fraction of sp³-hybridized carbons (Fsp3) is 0.667. The number of piperazine rings is 1. The zero-order valence-corrected chi connectivity index (χ0v) is 18.9. The van der Waals surface area contributed by atoms with Gasteiger partial charge in [0.05, 0.1) is 5.75 Å². The molecule has 0 aliphatic carbocycles. The van der Waals surface area contributed by atoms with Gasteiger partial charge < -0.3 is 15.5 Å². The highest BCUT2D eigenvalue weighted by Gasteiger charge is 2.16. The lowest BCUT2D eigenvalue weighted by Gasteiger charge is -2.34. The van der Waals surface area contributed by atoms with Crippen LogP contribution in [0.5, 0.6) is 0 Å². The average Bonchev–Trinajstić information content (AvgIpc) is 2.70. The Morgan fingerprint density at radius 3 is 2.41 bits per heavy atom. The smallest absolute Gasteiger partial charge is 0.191 e. The Morgan fingerprint density at radius 1 is 1.14 bits per heavy atom. The van der Waals surface area contributed by atoms with Crippen LogP contribution < -0.4 is 10.6 Å². The summed E-state index contributed by atoms with van der Waals surface area (Å²) in [7, 11) is -1.19. The maximum absolute atomic E-state index is 11.3. The molecule has 7 nitrogen and oxygen atoms in total. The van der Waals surface area contributed by atoms with E-state index in [0.29, 0.717) is 6.42 Å². The second kappa shape index (κ2) is 12.1. The van der Waals surface area contributed by atoms with Crippen molar-refractivity contribution in [1.29, 1.82) is 0 Å². The Balaban J connectivity index is 1.57. The lowest BCUT2D eigenvalue weighted by molar-refractivity contribution is 0.126. The van der Waals surface area contributed by atoms with Gasteiger partial charge >= 0.3 is 0 Å². The van der Waals surface area contributed by atoms with Gasteiger partial charge in [0.15, 0.2) is 5.96 Å². The molecule has 164 valence electrons. The second-order valence-corrected chi connectivity index (χ2v) is 10.2. The number of hydrogen-bond donors (Lipinski definition) is 2. The molecule has 1 atom stereocenters. The van der Waals surface area contributed by atoms with Gasteiger partial charge in [0.25, 0.3) is 0 Å². The molecule has 0 spiro atoms. The first kappa shape index (κ1) is 23.6. The number of sulfone groups is 1. The number of nitrogens with one attached hydrogen (secondary N) is 2. The molecule has 1 heterocycles. The lowest BCUT2D eigenvalue weighted by atomic mass is 10.2. The van der Waals surface area contributed by atoms with Crippen LogP contribution in [-0.2, 0) is 16.4 Å². The predicted molar refractivity (Wildman–Crippen MR) is 121 cm³/mol. The van der Waals surface area contributed by atoms with Crippen molar-refractivity contribution in [3.05, 3.63) is 35.9 Å². The number of benzene rings is 1. The van der Waals surface area contributed by atoms with Gasteiger partial charge in [-0.05, 0) is 31.9 Å². The molecule has 0 aromatic heterocycles. The van der Waals surface area contributed by atoms with Gasteiger partial charge in [-0.1, -0.05) is 30.3 Å². The molecule has 0 saturated carbocycles. The number of hydrogen-bond acceptors (Lipinski definition) is 5. The Kier molecular flexibility index (Phi) is 9.90. The van der Waals surface area contributed by atoms with Gasteiger partial charge in [-0.25, -0.2) is 8.42 Å². The van der Waals surface area contributed by atoms with Gasteiger partial charge in [-0.2, -0.15) is 0 Å². The first-order chi connectivity index (χ1) is 13.9. The lowest BCUT2D eigenvalue weighted by Crippen LogP contribution is -2.47. The van der Waals surface area contributed by atoms with E-state index in [9.17, 15) is 8.42 Å². The summed E-state index contributed by atoms with van der Waals surface area (Å²) in [5.41, 5.74) is 1.38. The monoisotopic (exact) mass is 423 g/mol. The second-order valence-electron chi connectivity index (χ2n) is 7.92. The Hall–Kier alpha value is -1.64. The van der Waals surface area contributed by atoms with Crippen molar-refractivity contribution in [1.82, 2.24) is 20.4 Å². The molecule has 29 heavy (non-hydrogen) atoms. The summed E-state index contributed by atoms with van der Waals surface area (Å²) in [5.74, 6) is 0.924. The van der Waals surface area contributed by atoms with Crippen LogP contribution in [0.2, 0.25) is 0 Å². The standard InChI is InChI=1S/C21H37N5O2S/c1-19(10-17-29(3,27)28)24-21(22-2)23-11-7-12-25-13-15-26(16-14-25)18-20-8-5-4-6-9-20/h4-6,8-9,19H,7,10-18H2,1-3H3,(H2,22,23,24). The molecule has 1 aliphatic rings. The summed E-state index contributed by atoms with van der Waals surface area (Å²) in [4.78, 5) is 9.27. The van der Waals surface area contributed by atoms with E-state index in [2.05, 4.69) is 55.8 Å². The molecule has 0 amide bonds. The van der Waals surface area contributed by atoms with Crippen LogP contribution in [0.3, 0.4) is 0 Å². The van der Waals surface area contributed by atoms with Crippen molar-refractivity contribution in [2.24, 2.45) is 4.99 Å². The number of rotatable bonds is 10. The third-order valence-corrected chi connectivity index (χ3v) is 6.16. The van der Waals surface area contributed by atoms with Gasteiger partial charge in [0.1, 0.15) is 9.84 Å². The van der Waals surface area contributed by atoms with Gasteiger partial charge in [0, 0.05) is 58.6 Å². The predicted octanol–water partition coefficient (Wildman–Crippen LogP) is 1.18. The third-order valence-electron chi connectivity index (χ3n) is 5.19. The molecule has 1 unspecified atom stereocenters. The van der Waals surface area contributed by atoms with E-state index in [1.165, 1.54) is 11.8 Å². The maximum Gasteiger partial charge on any atom is 0.191 e. The zero-order valence-electron chi connectivity index (χ0n) is 18.1. The van der Waals surface area contributed by atoms with Crippen molar-refractivity contribution in [2.45, 2.75) is 32.4 Å². The summed E-state index contributed by atoms with van der Waals surface area (Å²) >= 11 is 0. The minimum absolute atomic E-state index is 0.0635. The highest BCUT2D eigenvalue weighted by atomic mass is 32.2. The Bertz CT molecular complexity index is 716. The summed E-state index contributed by atoms with van der Waals surface area (Å²) in [5, 5.41) is 6.59. The van der Waals surface area contributed by atoms with Crippen LogP contribution in [0.1, 0.15) is 25.3 Å². The SMILES string of the molecule is CN=C(NCCCN1CCN(Cc2ccccc2)CC1)NC(C)CCS(C)(=O)=O. The molecule has 1 aromatic carbocycles. The van der Waals surface area contributed by atoms with E-state index in [0.717, 1.165) is 58.2 Å². The quantitative estimate of drug-likeness (QED) is 0.334. The summed E-state index contributed by atoms with van der Waals surface area (Å²) in [6.07, 6.45) is 2.90. The Morgan fingerprint density at radius 2 is 1.79 bits per heavy atom. The number of guanidine groups is 1. The average molecular weight is 424 g/mol. The van der Waals surface area contributed by atoms with Crippen LogP contribution in [0.15, 0.2) is 35.3 Å². The van der Waals surface area contributed by atoms with Gasteiger partial charge in [-0.3, -0.25) is 9.89 Å². The molecule has 8 heteroatoms. The van der Waals surface area contributed by atoms with Crippen molar-refractivity contribution in [3.8, 4) is 0 Å². The fourth-order valence-electron chi connectivity index (χ4n) is 3.41. The van der Waals surface area contributed by atoms with E-state index in [1.807, 2.05) is 6.92 Å². The largest absolute Gasteiger partial charge is 0.356 e. The van der Waals surface area contributed by atoms with E-state index in [-0.39, 0.29) is 11.8 Å². The van der Waals surface area contributed by atoms with Crippen LogP contribution in [-0.4, -0.2) is 88.5 Å². The normalized spacial score (nSPS) is 17.8. The van der Waals surface area contributed by atoms with E-state index in [4.69, 9.17) is 0 Å². The van der Waals surface area contributed by atoms with Crippen molar-refractivity contribution < 1.29 is 8.42 Å². The molecular formula is C21H37N5O2S. The van der Waals surface area contributed by atoms with Crippen molar-refractivity contribution in [2.75, 3.05) is 58.3 Å². The van der Waals surface area contributed by atoms with Gasteiger partial charge in [0.2, 0.25) is 0 Å². The van der Waals surface area contributed by atoms with E-state index in [1.54, 1.807) is 7.05 Å². The Labute approximate surface area is 176 Å². The summed E-state index contributed by atoms with van der Waals surface area (Å²) < 4.78 is 22.6.